The number of allylic oxidation sites excluding steroid dienone is 2. The maximum absolute atomic E-state index is 11.4. The second-order valence-electron chi connectivity index (χ2n) is 3.99. The van der Waals surface area contributed by atoms with Crippen LogP contribution in [0, 0.1) is 13.8 Å². The van der Waals surface area contributed by atoms with Crippen molar-refractivity contribution in [1.82, 2.24) is 0 Å². The van der Waals surface area contributed by atoms with E-state index < -0.39 is 0 Å². The maximum atomic E-state index is 11.4. The molecule has 0 aliphatic carbocycles. The highest BCUT2D eigenvalue weighted by molar-refractivity contribution is 7.14. The Bertz CT molecular complexity index is 480. The summed E-state index contributed by atoms with van der Waals surface area (Å²) in [5, 5.41) is 0. The topological polar surface area (TPSA) is 43.1 Å². The number of hydrogen-bond acceptors (Lipinski definition) is 3. The molecule has 0 aliphatic rings. The van der Waals surface area contributed by atoms with Crippen molar-refractivity contribution in [1.29, 1.82) is 0 Å². The number of aryl methyl sites for hydroxylation is 1. The molecule has 0 atom stereocenters. The molecule has 0 amide bonds. The molecule has 1 aromatic heterocycles. The Morgan fingerprint density at radius 2 is 1.94 bits per heavy atom. The second kappa shape index (κ2) is 4.66. The molecule has 86 valence electrons. The number of ketones is 1. The van der Waals surface area contributed by atoms with Gasteiger partial charge < -0.3 is 5.73 Å². The van der Waals surface area contributed by atoms with E-state index in [4.69, 9.17) is 5.73 Å². The lowest BCUT2D eigenvalue weighted by molar-refractivity contribution is 0.102. The third kappa shape index (κ3) is 2.42. The summed E-state index contributed by atoms with van der Waals surface area (Å²) in [7, 11) is 0. The van der Waals surface area contributed by atoms with Crippen LogP contribution in [0.1, 0.15) is 39.5 Å². The molecule has 0 aromatic carbocycles. The van der Waals surface area contributed by atoms with Crippen molar-refractivity contribution < 1.29 is 4.79 Å². The normalized spacial score (nSPS) is 11.6. The van der Waals surface area contributed by atoms with Crippen LogP contribution >= 0.6 is 11.3 Å². The molecule has 1 aromatic rings. The zero-order valence-corrected chi connectivity index (χ0v) is 11.0. The minimum Gasteiger partial charge on any atom is -0.398 e. The van der Waals surface area contributed by atoms with Crippen LogP contribution in [0.25, 0.3) is 5.70 Å². The van der Waals surface area contributed by atoms with Crippen molar-refractivity contribution in [3.63, 3.8) is 0 Å². The molecule has 0 spiro atoms. The van der Waals surface area contributed by atoms with Gasteiger partial charge in [-0.25, -0.2) is 0 Å². The number of nitrogens with two attached hydrogens (primary N) is 1. The molecule has 0 aliphatic heterocycles. The van der Waals surface area contributed by atoms with Gasteiger partial charge in [0.2, 0.25) is 0 Å². The standard InChI is InChI=1S/C13H17NOS/c1-7(2)6-11(14)12-8(3)13(9(4)15)16-10(12)5/h6H,1,14H2,2-5H3/b11-6+. The molecule has 0 saturated carbocycles. The number of carbonyl (C=O) groups is 1. The van der Waals surface area contributed by atoms with Crippen LogP contribution in [0.4, 0.5) is 0 Å². The molecule has 0 fully saturated rings. The quantitative estimate of drug-likeness (QED) is 0.644. The van der Waals surface area contributed by atoms with E-state index in [9.17, 15) is 4.79 Å². The van der Waals surface area contributed by atoms with Gasteiger partial charge in [0.15, 0.2) is 5.78 Å². The lowest BCUT2D eigenvalue weighted by Crippen LogP contribution is -2.00. The summed E-state index contributed by atoms with van der Waals surface area (Å²) in [6, 6.07) is 0. The van der Waals surface area contributed by atoms with Crippen molar-refractivity contribution in [3.05, 3.63) is 39.1 Å². The fraction of sp³-hybridized carbons (Fsp3) is 0.308. The summed E-state index contributed by atoms with van der Waals surface area (Å²) in [5.74, 6) is 0.0972. The SMILES string of the molecule is C=C(C)/C=C(/N)c1c(C)sc(C(C)=O)c1C. The average molecular weight is 235 g/mol. The molecule has 0 saturated heterocycles. The zero-order valence-electron chi connectivity index (χ0n) is 10.2. The number of hydrogen-bond donors (Lipinski definition) is 1. The van der Waals surface area contributed by atoms with E-state index in [2.05, 4.69) is 6.58 Å². The number of thiophene rings is 1. The van der Waals surface area contributed by atoms with Gasteiger partial charge in [-0.3, -0.25) is 4.79 Å². The average Bonchev–Trinajstić information content (AvgIpc) is 2.40. The third-order valence-electron chi connectivity index (χ3n) is 2.33. The monoisotopic (exact) mass is 235 g/mol. The zero-order chi connectivity index (χ0) is 12.5. The van der Waals surface area contributed by atoms with Gasteiger partial charge in [-0.15, -0.1) is 11.3 Å². The molecule has 16 heavy (non-hydrogen) atoms. The highest BCUT2D eigenvalue weighted by atomic mass is 32.1. The predicted molar refractivity (Wildman–Crippen MR) is 70.8 cm³/mol. The fourth-order valence-corrected chi connectivity index (χ4v) is 2.83. The van der Waals surface area contributed by atoms with Crippen LogP contribution in [0.15, 0.2) is 18.2 Å². The molecule has 1 rings (SSSR count). The Morgan fingerprint density at radius 1 is 1.38 bits per heavy atom. The van der Waals surface area contributed by atoms with Gasteiger partial charge in [0.25, 0.3) is 0 Å². The largest absolute Gasteiger partial charge is 0.398 e. The van der Waals surface area contributed by atoms with Crippen molar-refractivity contribution in [2.75, 3.05) is 0 Å². The predicted octanol–water partition coefficient (Wildman–Crippen LogP) is 3.44. The summed E-state index contributed by atoms with van der Waals surface area (Å²) in [5.41, 5.74) is 9.56. The minimum absolute atomic E-state index is 0.0972. The molecule has 2 nitrogen and oxygen atoms in total. The lowest BCUT2D eigenvalue weighted by atomic mass is 10.0. The Labute approximate surface area is 100 Å². The van der Waals surface area contributed by atoms with Gasteiger partial charge in [-0.05, 0) is 39.3 Å². The maximum Gasteiger partial charge on any atom is 0.170 e. The van der Waals surface area contributed by atoms with E-state index in [0.29, 0.717) is 5.70 Å². The Morgan fingerprint density at radius 3 is 2.31 bits per heavy atom. The molecule has 0 unspecified atom stereocenters. The van der Waals surface area contributed by atoms with Gasteiger partial charge in [0.05, 0.1) is 4.88 Å². The van der Waals surface area contributed by atoms with E-state index >= 15 is 0 Å². The van der Waals surface area contributed by atoms with E-state index in [-0.39, 0.29) is 5.78 Å². The smallest absolute Gasteiger partial charge is 0.170 e. The number of Topliss-reactive ketones (excluding diaryl/α,β-unsaturated/α-hetero) is 1. The highest BCUT2D eigenvalue weighted by Crippen LogP contribution is 2.31. The van der Waals surface area contributed by atoms with Gasteiger partial charge >= 0.3 is 0 Å². The third-order valence-corrected chi connectivity index (χ3v) is 3.64. The van der Waals surface area contributed by atoms with Crippen molar-refractivity contribution in [2.24, 2.45) is 5.73 Å². The van der Waals surface area contributed by atoms with Crippen molar-refractivity contribution >= 4 is 22.8 Å². The molecular formula is C13H17NOS. The van der Waals surface area contributed by atoms with Crippen molar-refractivity contribution in [2.45, 2.75) is 27.7 Å². The summed E-state index contributed by atoms with van der Waals surface area (Å²) in [4.78, 5) is 13.3. The highest BCUT2D eigenvalue weighted by Gasteiger charge is 2.16. The van der Waals surface area contributed by atoms with Gasteiger partial charge in [0.1, 0.15) is 0 Å². The molecule has 0 bridgehead atoms. The van der Waals surface area contributed by atoms with Crippen LogP contribution < -0.4 is 5.73 Å². The Hall–Kier alpha value is -1.35. The fourth-order valence-electron chi connectivity index (χ4n) is 1.75. The first-order chi connectivity index (χ1) is 7.34. The first-order valence-corrected chi connectivity index (χ1v) is 5.90. The lowest BCUT2D eigenvalue weighted by Gasteiger charge is -2.03. The summed E-state index contributed by atoms with van der Waals surface area (Å²) < 4.78 is 0. The molecule has 2 N–H and O–H groups in total. The first kappa shape index (κ1) is 12.7. The summed E-state index contributed by atoms with van der Waals surface area (Å²) >= 11 is 1.50. The second-order valence-corrected chi connectivity index (χ2v) is 5.21. The minimum atomic E-state index is 0.0972. The Kier molecular flexibility index (Phi) is 3.70. The van der Waals surface area contributed by atoms with Gasteiger partial charge in [0, 0.05) is 16.1 Å². The van der Waals surface area contributed by atoms with Crippen LogP contribution in [-0.2, 0) is 0 Å². The first-order valence-electron chi connectivity index (χ1n) is 5.08. The van der Waals surface area contributed by atoms with Crippen LogP contribution in [0.5, 0.6) is 0 Å². The summed E-state index contributed by atoms with van der Waals surface area (Å²) in [6.45, 7) is 11.2. The van der Waals surface area contributed by atoms with E-state index in [1.807, 2.05) is 26.8 Å². The number of carbonyl (C=O) groups excluding carboxylic acids is 1. The van der Waals surface area contributed by atoms with E-state index in [1.54, 1.807) is 6.92 Å². The number of rotatable bonds is 3. The molecule has 0 radical (unpaired) electrons. The molecule has 3 heteroatoms. The van der Waals surface area contributed by atoms with E-state index in [1.165, 1.54) is 11.3 Å². The molecular weight excluding hydrogens is 218 g/mol. The van der Waals surface area contributed by atoms with Crippen LogP contribution in [-0.4, -0.2) is 5.78 Å². The summed E-state index contributed by atoms with van der Waals surface area (Å²) in [6.07, 6.45) is 1.84. The van der Waals surface area contributed by atoms with Crippen LogP contribution in [0.3, 0.4) is 0 Å². The Balaban J connectivity index is 3.35. The van der Waals surface area contributed by atoms with Crippen molar-refractivity contribution in [3.8, 4) is 0 Å². The van der Waals surface area contributed by atoms with Gasteiger partial charge in [-0.1, -0.05) is 12.2 Å². The molecule has 1 heterocycles. The van der Waals surface area contributed by atoms with Gasteiger partial charge in [-0.2, -0.15) is 0 Å². The van der Waals surface area contributed by atoms with Crippen LogP contribution in [0.2, 0.25) is 0 Å². The van der Waals surface area contributed by atoms with E-state index in [0.717, 1.165) is 26.5 Å².